The molecular weight excluding hydrogens is 130 g/mol. The van der Waals surface area contributed by atoms with Crippen molar-refractivity contribution >= 4 is 6.21 Å². The van der Waals surface area contributed by atoms with E-state index in [1.54, 1.807) is 13.2 Å². The lowest BCUT2D eigenvalue weighted by atomic mass is 10.2. The lowest BCUT2D eigenvalue weighted by Crippen LogP contribution is -2.05. The minimum Gasteiger partial charge on any atom is -0.411 e. The van der Waals surface area contributed by atoms with E-state index in [4.69, 9.17) is 9.94 Å². The van der Waals surface area contributed by atoms with Crippen LogP contribution in [0.5, 0.6) is 0 Å². The van der Waals surface area contributed by atoms with Gasteiger partial charge in [0.1, 0.15) is 0 Å². The van der Waals surface area contributed by atoms with E-state index in [2.05, 4.69) is 11.7 Å². The Kier molecular flexibility index (Phi) is 5.77. The van der Waals surface area contributed by atoms with Crippen LogP contribution in [0.3, 0.4) is 0 Å². The molecule has 0 saturated carbocycles. The molecule has 0 aromatic rings. The summed E-state index contributed by atoms with van der Waals surface area (Å²) in [6, 6.07) is 0. The minimum atomic E-state index is 0.0676. The lowest BCUT2D eigenvalue weighted by molar-refractivity contribution is 0.136. The highest BCUT2D eigenvalue weighted by Crippen LogP contribution is 1.99. The SMILES string of the molecule is C=CC(CC/C=N\O)OC. The Balaban J connectivity index is 3.34. The zero-order valence-electron chi connectivity index (χ0n) is 6.16. The van der Waals surface area contributed by atoms with Crippen LogP contribution in [0.25, 0.3) is 0 Å². The third kappa shape index (κ3) is 4.09. The molecule has 0 fully saturated rings. The van der Waals surface area contributed by atoms with Crippen LogP contribution in [-0.2, 0) is 4.74 Å². The van der Waals surface area contributed by atoms with Gasteiger partial charge in [-0.1, -0.05) is 6.08 Å². The van der Waals surface area contributed by atoms with Gasteiger partial charge in [0.15, 0.2) is 0 Å². The number of rotatable bonds is 5. The average Bonchev–Trinajstić information content (AvgIpc) is 1.99. The molecule has 10 heavy (non-hydrogen) atoms. The summed E-state index contributed by atoms with van der Waals surface area (Å²) in [5, 5.41) is 10.9. The second kappa shape index (κ2) is 6.29. The number of hydrogen-bond acceptors (Lipinski definition) is 3. The smallest absolute Gasteiger partial charge is 0.0752 e. The molecule has 0 bridgehead atoms. The van der Waals surface area contributed by atoms with Gasteiger partial charge in [0, 0.05) is 13.3 Å². The first kappa shape index (κ1) is 9.17. The normalized spacial score (nSPS) is 13.7. The zero-order valence-corrected chi connectivity index (χ0v) is 6.16. The van der Waals surface area contributed by atoms with Crippen molar-refractivity contribution in [1.29, 1.82) is 0 Å². The van der Waals surface area contributed by atoms with Gasteiger partial charge in [0.25, 0.3) is 0 Å². The topological polar surface area (TPSA) is 41.8 Å². The highest BCUT2D eigenvalue weighted by Gasteiger charge is 1.98. The molecule has 1 N–H and O–H groups in total. The van der Waals surface area contributed by atoms with Crippen LogP contribution in [0.15, 0.2) is 17.8 Å². The van der Waals surface area contributed by atoms with Crippen LogP contribution < -0.4 is 0 Å². The standard InChI is InChI=1S/C7H13NO2/c1-3-7(10-2)5-4-6-8-9/h3,6-7,9H,1,4-5H2,2H3/b8-6-. The largest absolute Gasteiger partial charge is 0.411 e. The molecule has 1 unspecified atom stereocenters. The average molecular weight is 143 g/mol. The molecule has 0 aromatic carbocycles. The Morgan fingerprint density at radius 1 is 1.80 bits per heavy atom. The van der Waals surface area contributed by atoms with Crippen LogP contribution in [-0.4, -0.2) is 24.6 Å². The molecule has 3 heteroatoms. The molecule has 0 radical (unpaired) electrons. The summed E-state index contributed by atoms with van der Waals surface area (Å²) in [6.45, 7) is 3.58. The Morgan fingerprint density at radius 2 is 2.50 bits per heavy atom. The molecule has 0 aliphatic heterocycles. The van der Waals surface area contributed by atoms with Crippen LogP contribution in [0, 0.1) is 0 Å². The molecule has 0 aliphatic rings. The first-order valence-corrected chi connectivity index (χ1v) is 3.16. The number of oxime groups is 1. The summed E-state index contributed by atoms with van der Waals surface area (Å²) >= 11 is 0. The van der Waals surface area contributed by atoms with E-state index in [0.29, 0.717) is 6.42 Å². The van der Waals surface area contributed by atoms with Gasteiger partial charge in [-0.05, 0) is 12.8 Å². The first-order chi connectivity index (χ1) is 4.85. The number of methoxy groups -OCH3 is 1. The van der Waals surface area contributed by atoms with Crippen molar-refractivity contribution in [1.82, 2.24) is 0 Å². The van der Waals surface area contributed by atoms with Crippen molar-refractivity contribution in [3.8, 4) is 0 Å². The summed E-state index contributed by atoms with van der Waals surface area (Å²) in [5.41, 5.74) is 0. The van der Waals surface area contributed by atoms with E-state index in [9.17, 15) is 0 Å². The fourth-order valence-electron chi connectivity index (χ4n) is 0.628. The van der Waals surface area contributed by atoms with E-state index in [1.165, 1.54) is 6.21 Å². The lowest BCUT2D eigenvalue weighted by Gasteiger charge is -2.06. The Bertz CT molecular complexity index is 112. The summed E-state index contributed by atoms with van der Waals surface area (Å²) < 4.78 is 4.98. The third-order valence-corrected chi connectivity index (χ3v) is 1.23. The predicted molar refractivity (Wildman–Crippen MR) is 40.5 cm³/mol. The van der Waals surface area contributed by atoms with Gasteiger partial charge in [-0.3, -0.25) is 0 Å². The molecular formula is C7H13NO2. The summed E-state index contributed by atoms with van der Waals surface area (Å²) in [7, 11) is 1.63. The van der Waals surface area contributed by atoms with Crippen molar-refractivity contribution in [2.75, 3.05) is 7.11 Å². The first-order valence-electron chi connectivity index (χ1n) is 3.16. The second-order valence-corrected chi connectivity index (χ2v) is 1.89. The van der Waals surface area contributed by atoms with Crippen molar-refractivity contribution in [2.24, 2.45) is 5.16 Å². The van der Waals surface area contributed by atoms with Gasteiger partial charge in [-0.25, -0.2) is 0 Å². The molecule has 0 aliphatic carbocycles. The van der Waals surface area contributed by atoms with E-state index in [1.807, 2.05) is 0 Å². The molecule has 58 valence electrons. The van der Waals surface area contributed by atoms with Gasteiger partial charge in [0.2, 0.25) is 0 Å². The van der Waals surface area contributed by atoms with Crippen molar-refractivity contribution < 1.29 is 9.94 Å². The van der Waals surface area contributed by atoms with Crippen LogP contribution in [0.4, 0.5) is 0 Å². The fraction of sp³-hybridized carbons (Fsp3) is 0.571. The summed E-state index contributed by atoms with van der Waals surface area (Å²) in [4.78, 5) is 0. The van der Waals surface area contributed by atoms with Gasteiger partial charge >= 0.3 is 0 Å². The third-order valence-electron chi connectivity index (χ3n) is 1.23. The number of ether oxygens (including phenoxy) is 1. The highest BCUT2D eigenvalue weighted by atomic mass is 16.5. The van der Waals surface area contributed by atoms with Gasteiger partial charge in [0.05, 0.1) is 6.10 Å². The Hall–Kier alpha value is -0.830. The molecule has 0 saturated heterocycles. The van der Waals surface area contributed by atoms with Gasteiger partial charge in [-0.2, -0.15) is 0 Å². The number of nitrogens with zero attached hydrogens (tertiary/aromatic N) is 1. The quantitative estimate of drug-likeness (QED) is 0.274. The molecule has 0 rings (SSSR count). The maximum absolute atomic E-state index is 8.03. The Morgan fingerprint density at radius 3 is 2.90 bits per heavy atom. The van der Waals surface area contributed by atoms with E-state index >= 15 is 0 Å². The molecule has 0 aromatic heterocycles. The molecule has 3 nitrogen and oxygen atoms in total. The maximum Gasteiger partial charge on any atom is 0.0752 e. The zero-order chi connectivity index (χ0) is 7.82. The number of hydrogen-bond donors (Lipinski definition) is 1. The molecule has 0 heterocycles. The maximum atomic E-state index is 8.03. The van der Waals surface area contributed by atoms with Crippen LogP contribution >= 0.6 is 0 Å². The van der Waals surface area contributed by atoms with E-state index in [-0.39, 0.29) is 6.10 Å². The second-order valence-electron chi connectivity index (χ2n) is 1.89. The van der Waals surface area contributed by atoms with Crippen LogP contribution in [0.2, 0.25) is 0 Å². The van der Waals surface area contributed by atoms with Gasteiger partial charge < -0.3 is 9.94 Å². The van der Waals surface area contributed by atoms with Crippen molar-refractivity contribution in [2.45, 2.75) is 18.9 Å². The monoisotopic (exact) mass is 143 g/mol. The summed E-state index contributed by atoms with van der Waals surface area (Å²) in [5.74, 6) is 0. The van der Waals surface area contributed by atoms with E-state index < -0.39 is 0 Å². The van der Waals surface area contributed by atoms with Crippen molar-refractivity contribution in [3.63, 3.8) is 0 Å². The Labute approximate surface area is 61.0 Å². The summed E-state index contributed by atoms with van der Waals surface area (Å²) in [6.07, 6.45) is 4.75. The fourth-order valence-corrected chi connectivity index (χ4v) is 0.628. The molecule has 1 atom stereocenters. The molecule has 0 spiro atoms. The predicted octanol–water partition coefficient (Wildman–Crippen LogP) is 1.43. The van der Waals surface area contributed by atoms with Crippen molar-refractivity contribution in [3.05, 3.63) is 12.7 Å². The molecule has 0 amide bonds. The van der Waals surface area contributed by atoms with E-state index in [0.717, 1.165) is 6.42 Å². The van der Waals surface area contributed by atoms with Gasteiger partial charge in [-0.15, -0.1) is 11.7 Å². The van der Waals surface area contributed by atoms with Crippen LogP contribution in [0.1, 0.15) is 12.8 Å². The minimum absolute atomic E-state index is 0.0676. The highest BCUT2D eigenvalue weighted by molar-refractivity contribution is 5.56.